The Morgan fingerprint density at radius 2 is 1.65 bits per heavy atom. The van der Waals surface area contributed by atoms with Crippen molar-refractivity contribution in [2.75, 3.05) is 5.73 Å². The van der Waals surface area contributed by atoms with Gasteiger partial charge in [-0.15, -0.1) is 0 Å². The van der Waals surface area contributed by atoms with E-state index < -0.39 is 0 Å². The van der Waals surface area contributed by atoms with E-state index in [1.807, 2.05) is 6.20 Å². The van der Waals surface area contributed by atoms with Crippen LogP contribution in [0.25, 0.3) is 0 Å². The van der Waals surface area contributed by atoms with Crippen LogP contribution in [0.2, 0.25) is 0 Å². The summed E-state index contributed by atoms with van der Waals surface area (Å²) in [4.78, 5) is 4.31. The minimum absolute atomic E-state index is 0.396. The molecule has 0 unspecified atom stereocenters. The minimum Gasteiger partial charge on any atom is -0.383 e. The maximum Gasteiger partial charge on any atom is 0.127 e. The first-order valence-electron chi connectivity index (χ1n) is 6.96. The summed E-state index contributed by atoms with van der Waals surface area (Å²) >= 11 is 0. The maximum absolute atomic E-state index is 6.13. The molecular weight excluding hydrogens is 208 g/mol. The number of nitrogens with zero attached hydrogens (tertiary/aromatic N) is 1. The van der Waals surface area contributed by atoms with Gasteiger partial charge < -0.3 is 5.73 Å². The lowest BCUT2D eigenvalue weighted by Crippen LogP contribution is -2.48. The van der Waals surface area contributed by atoms with Gasteiger partial charge in [0.15, 0.2) is 0 Å². The van der Waals surface area contributed by atoms with Crippen molar-refractivity contribution < 1.29 is 0 Å². The van der Waals surface area contributed by atoms with E-state index in [4.69, 9.17) is 5.73 Å². The fourth-order valence-corrected chi connectivity index (χ4v) is 5.31. The van der Waals surface area contributed by atoms with Crippen LogP contribution in [-0.2, 0) is 5.41 Å². The van der Waals surface area contributed by atoms with Gasteiger partial charge >= 0.3 is 0 Å². The van der Waals surface area contributed by atoms with E-state index in [1.165, 1.54) is 44.1 Å². The number of nitrogens with two attached hydrogens (primary N) is 1. The second-order valence-electron chi connectivity index (χ2n) is 6.63. The second-order valence-corrected chi connectivity index (χ2v) is 6.63. The van der Waals surface area contributed by atoms with E-state index in [-0.39, 0.29) is 0 Å². The van der Waals surface area contributed by atoms with Gasteiger partial charge in [0.2, 0.25) is 0 Å². The van der Waals surface area contributed by atoms with Crippen LogP contribution in [0.15, 0.2) is 18.3 Å². The number of nitrogen functional groups attached to an aromatic ring is 1. The predicted molar refractivity (Wildman–Crippen MR) is 68.5 cm³/mol. The highest BCUT2D eigenvalue weighted by Crippen LogP contribution is 2.61. The van der Waals surface area contributed by atoms with Crippen LogP contribution in [0.3, 0.4) is 0 Å². The maximum atomic E-state index is 6.13. The van der Waals surface area contributed by atoms with Gasteiger partial charge in [-0.25, -0.2) is 4.98 Å². The Morgan fingerprint density at radius 3 is 2.18 bits per heavy atom. The Labute approximate surface area is 103 Å². The highest BCUT2D eigenvalue weighted by atomic mass is 14.8. The third kappa shape index (κ3) is 1.36. The molecule has 2 N–H and O–H groups in total. The number of aromatic nitrogens is 1. The summed E-state index contributed by atoms with van der Waals surface area (Å²) in [5.74, 6) is 3.71. The molecule has 0 aromatic carbocycles. The first-order chi connectivity index (χ1) is 8.25. The molecule has 0 saturated heterocycles. The highest BCUT2D eigenvalue weighted by molar-refractivity contribution is 5.45. The van der Waals surface area contributed by atoms with Gasteiger partial charge in [0.1, 0.15) is 5.82 Å². The van der Waals surface area contributed by atoms with Crippen molar-refractivity contribution in [3.05, 3.63) is 23.9 Å². The molecule has 4 fully saturated rings. The van der Waals surface area contributed by atoms with E-state index >= 15 is 0 Å². The summed E-state index contributed by atoms with van der Waals surface area (Å²) < 4.78 is 0. The largest absolute Gasteiger partial charge is 0.383 e. The van der Waals surface area contributed by atoms with Crippen LogP contribution < -0.4 is 5.73 Å². The third-order valence-corrected chi connectivity index (χ3v) is 5.45. The number of hydrogen-bond acceptors (Lipinski definition) is 2. The molecule has 0 radical (unpaired) electrons. The lowest BCUT2D eigenvalue weighted by Gasteiger charge is -2.57. The van der Waals surface area contributed by atoms with Crippen LogP contribution in [0.1, 0.15) is 44.1 Å². The smallest absolute Gasteiger partial charge is 0.127 e. The van der Waals surface area contributed by atoms with Gasteiger partial charge in [-0.1, -0.05) is 6.07 Å². The summed E-state index contributed by atoms with van der Waals surface area (Å²) in [6, 6.07) is 4.29. The molecule has 1 heterocycles. The van der Waals surface area contributed by atoms with Gasteiger partial charge in [-0.05, 0) is 67.8 Å². The van der Waals surface area contributed by atoms with Crippen molar-refractivity contribution in [1.82, 2.24) is 4.98 Å². The predicted octanol–water partition coefficient (Wildman–Crippen LogP) is 3.13. The monoisotopic (exact) mass is 228 g/mol. The van der Waals surface area contributed by atoms with Gasteiger partial charge in [-0.2, -0.15) is 0 Å². The zero-order valence-electron chi connectivity index (χ0n) is 10.2. The third-order valence-electron chi connectivity index (χ3n) is 5.45. The molecule has 2 nitrogen and oxygen atoms in total. The van der Waals surface area contributed by atoms with E-state index in [0.717, 1.165) is 23.6 Å². The molecule has 0 spiro atoms. The van der Waals surface area contributed by atoms with Gasteiger partial charge in [0, 0.05) is 11.8 Å². The number of rotatable bonds is 1. The zero-order valence-corrected chi connectivity index (χ0v) is 10.2. The molecule has 2 heteroatoms. The van der Waals surface area contributed by atoms with Crippen LogP contribution >= 0.6 is 0 Å². The Bertz CT molecular complexity index is 417. The standard InChI is InChI=1S/C15H20N2/c16-14-13(2-1-3-17-14)15-7-10-4-11(8-15)6-12(5-10)9-15/h1-3,10-12H,4-9H2,(H2,16,17). The molecule has 4 bridgehead atoms. The number of anilines is 1. The second kappa shape index (κ2) is 3.24. The fourth-order valence-electron chi connectivity index (χ4n) is 5.31. The van der Waals surface area contributed by atoms with Crippen molar-refractivity contribution >= 4 is 5.82 Å². The molecule has 1 aromatic rings. The summed E-state index contributed by atoms with van der Waals surface area (Å²) in [6.45, 7) is 0. The van der Waals surface area contributed by atoms with Gasteiger partial charge in [0.05, 0.1) is 0 Å². The van der Waals surface area contributed by atoms with E-state index in [1.54, 1.807) is 0 Å². The molecule has 4 aliphatic rings. The van der Waals surface area contributed by atoms with Crippen LogP contribution in [0.4, 0.5) is 5.82 Å². The molecular formula is C15H20N2. The summed E-state index contributed by atoms with van der Waals surface area (Å²) in [5, 5.41) is 0. The first-order valence-corrected chi connectivity index (χ1v) is 6.96. The quantitative estimate of drug-likeness (QED) is 0.802. The Balaban J connectivity index is 1.80. The van der Waals surface area contributed by atoms with Crippen molar-refractivity contribution in [1.29, 1.82) is 0 Å². The van der Waals surface area contributed by atoms with Gasteiger partial charge in [-0.3, -0.25) is 0 Å². The molecule has 4 saturated carbocycles. The highest BCUT2D eigenvalue weighted by Gasteiger charge is 2.52. The summed E-state index contributed by atoms with van der Waals surface area (Å²) in [7, 11) is 0. The Kier molecular flexibility index (Phi) is 1.89. The van der Waals surface area contributed by atoms with Crippen molar-refractivity contribution in [2.24, 2.45) is 17.8 Å². The molecule has 5 rings (SSSR count). The number of pyridine rings is 1. The average molecular weight is 228 g/mol. The van der Waals surface area contributed by atoms with Crippen molar-refractivity contribution in [2.45, 2.75) is 43.9 Å². The lowest BCUT2D eigenvalue weighted by molar-refractivity contribution is -0.00495. The fraction of sp³-hybridized carbons (Fsp3) is 0.667. The van der Waals surface area contributed by atoms with Crippen molar-refractivity contribution in [3.8, 4) is 0 Å². The lowest BCUT2D eigenvalue weighted by atomic mass is 9.48. The molecule has 1 aromatic heterocycles. The number of hydrogen-bond donors (Lipinski definition) is 1. The zero-order chi connectivity index (χ0) is 11.5. The molecule has 17 heavy (non-hydrogen) atoms. The normalized spacial score (nSPS) is 42.9. The Hall–Kier alpha value is -1.05. The molecule has 0 atom stereocenters. The molecule has 0 aliphatic heterocycles. The van der Waals surface area contributed by atoms with Crippen LogP contribution in [-0.4, -0.2) is 4.98 Å². The average Bonchev–Trinajstić information content (AvgIpc) is 2.27. The molecule has 4 aliphatic carbocycles. The van der Waals surface area contributed by atoms with E-state index in [0.29, 0.717) is 5.41 Å². The summed E-state index contributed by atoms with van der Waals surface area (Å²) in [5.41, 5.74) is 7.89. The molecule has 0 amide bonds. The van der Waals surface area contributed by atoms with Gasteiger partial charge in [0.25, 0.3) is 0 Å². The summed E-state index contributed by atoms with van der Waals surface area (Å²) in [6.07, 6.45) is 10.4. The van der Waals surface area contributed by atoms with E-state index in [9.17, 15) is 0 Å². The topological polar surface area (TPSA) is 38.9 Å². The first kappa shape index (κ1) is 9.93. The Morgan fingerprint density at radius 1 is 1.06 bits per heavy atom. The minimum atomic E-state index is 0.396. The van der Waals surface area contributed by atoms with Crippen molar-refractivity contribution in [3.63, 3.8) is 0 Å². The van der Waals surface area contributed by atoms with Crippen LogP contribution in [0, 0.1) is 17.8 Å². The van der Waals surface area contributed by atoms with E-state index in [2.05, 4.69) is 17.1 Å². The van der Waals surface area contributed by atoms with Crippen LogP contribution in [0.5, 0.6) is 0 Å². The molecule has 90 valence electrons. The SMILES string of the molecule is Nc1ncccc1C12CC3CC(CC(C3)C1)C2.